The molecule has 29 heavy (non-hydrogen) atoms. The Morgan fingerprint density at radius 3 is 2.31 bits per heavy atom. The van der Waals surface area contributed by atoms with Gasteiger partial charge in [0.25, 0.3) is 5.91 Å². The van der Waals surface area contributed by atoms with Gasteiger partial charge in [0.15, 0.2) is 0 Å². The molecule has 1 N–H and O–H groups in total. The standard InChI is InChI=1S/C24H25N3O2/c28-24(20-9-11-22(12-10-20)29-21-6-2-1-3-7-21)26-18-19-13-16-27(17-14-19)23-8-4-5-15-25-23/h1-12,15,19H,13-14,16-18H2,(H,26,28). The van der Waals surface area contributed by atoms with Crippen LogP contribution in [0.4, 0.5) is 5.82 Å². The van der Waals surface area contributed by atoms with E-state index < -0.39 is 0 Å². The number of para-hydroxylation sites is 1. The van der Waals surface area contributed by atoms with Gasteiger partial charge in [0.1, 0.15) is 17.3 Å². The van der Waals surface area contributed by atoms with Crippen LogP contribution in [0.2, 0.25) is 0 Å². The van der Waals surface area contributed by atoms with Crippen LogP contribution in [-0.4, -0.2) is 30.5 Å². The molecule has 148 valence electrons. The van der Waals surface area contributed by atoms with Crippen molar-refractivity contribution >= 4 is 11.7 Å². The molecule has 0 aliphatic carbocycles. The van der Waals surface area contributed by atoms with Crippen LogP contribution in [0, 0.1) is 5.92 Å². The molecular weight excluding hydrogens is 362 g/mol. The Morgan fingerprint density at radius 2 is 1.62 bits per heavy atom. The molecule has 0 unspecified atom stereocenters. The molecule has 0 bridgehead atoms. The van der Waals surface area contributed by atoms with Crippen molar-refractivity contribution in [3.63, 3.8) is 0 Å². The lowest BCUT2D eigenvalue weighted by Gasteiger charge is -2.32. The van der Waals surface area contributed by atoms with E-state index in [1.165, 1.54) is 0 Å². The van der Waals surface area contributed by atoms with Gasteiger partial charge >= 0.3 is 0 Å². The average Bonchev–Trinajstić information content (AvgIpc) is 2.80. The molecule has 0 spiro atoms. The van der Waals surface area contributed by atoms with Gasteiger partial charge in [-0.2, -0.15) is 0 Å². The van der Waals surface area contributed by atoms with E-state index in [1.54, 1.807) is 12.1 Å². The van der Waals surface area contributed by atoms with Gasteiger partial charge in [0.05, 0.1) is 0 Å². The fraction of sp³-hybridized carbons (Fsp3) is 0.250. The molecule has 5 nitrogen and oxygen atoms in total. The molecule has 3 aromatic rings. The third-order valence-electron chi connectivity index (χ3n) is 5.23. The second-order valence-electron chi connectivity index (χ2n) is 7.27. The van der Waals surface area contributed by atoms with E-state index in [4.69, 9.17) is 4.74 Å². The first-order valence-electron chi connectivity index (χ1n) is 10.0. The molecule has 2 aromatic carbocycles. The molecule has 4 rings (SSSR count). The number of hydrogen-bond donors (Lipinski definition) is 1. The number of nitrogens with one attached hydrogen (secondary N) is 1. The summed E-state index contributed by atoms with van der Waals surface area (Å²) in [6.07, 6.45) is 3.94. The van der Waals surface area contributed by atoms with Crippen LogP contribution >= 0.6 is 0 Å². The van der Waals surface area contributed by atoms with Gasteiger partial charge in [-0.3, -0.25) is 4.79 Å². The van der Waals surface area contributed by atoms with Crippen LogP contribution in [0.25, 0.3) is 0 Å². The van der Waals surface area contributed by atoms with Gasteiger partial charge in [-0.05, 0) is 67.3 Å². The van der Waals surface area contributed by atoms with Crippen LogP contribution in [-0.2, 0) is 0 Å². The molecule has 1 aliphatic heterocycles. The Balaban J connectivity index is 1.24. The summed E-state index contributed by atoms with van der Waals surface area (Å²) >= 11 is 0. The van der Waals surface area contributed by atoms with E-state index in [9.17, 15) is 4.79 Å². The second kappa shape index (κ2) is 9.24. The third-order valence-corrected chi connectivity index (χ3v) is 5.23. The molecule has 0 radical (unpaired) electrons. The highest BCUT2D eigenvalue weighted by atomic mass is 16.5. The van der Waals surface area contributed by atoms with E-state index in [-0.39, 0.29) is 5.91 Å². The number of aromatic nitrogens is 1. The Kier molecular flexibility index (Phi) is 6.05. The minimum atomic E-state index is -0.0385. The number of pyridine rings is 1. The summed E-state index contributed by atoms with van der Waals surface area (Å²) in [4.78, 5) is 19.2. The molecule has 2 heterocycles. The van der Waals surface area contributed by atoms with Crippen molar-refractivity contribution < 1.29 is 9.53 Å². The Hall–Kier alpha value is -3.34. The number of piperidine rings is 1. The van der Waals surface area contributed by atoms with E-state index in [0.29, 0.717) is 18.0 Å². The van der Waals surface area contributed by atoms with Crippen LogP contribution in [0.5, 0.6) is 11.5 Å². The average molecular weight is 387 g/mol. The molecule has 0 atom stereocenters. The summed E-state index contributed by atoms with van der Waals surface area (Å²) in [5, 5.41) is 3.08. The maximum Gasteiger partial charge on any atom is 0.251 e. The first kappa shape index (κ1) is 19.0. The van der Waals surface area contributed by atoms with Gasteiger partial charge in [-0.1, -0.05) is 24.3 Å². The number of nitrogens with zero attached hydrogens (tertiary/aromatic N) is 2. The van der Waals surface area contributed by atoms with Crippen LogP contribution in [0.1, 0.15) is 23.2 Å². The number of anilines is 1. The number of hydrogen-bond acceptors (Lipinski definition) is 4. The lowest BCUT2D eigenvalue weighted by atomic mass is 9.96. The molecule has 0 saturated carbocycles. The summed E-state index contributed by atoms with van der Waals surface area (Å²) < 4.78 is 5.77. The SMILES string of the molecule is O=C(NCC1CCN(c2ccccn2)CC1)c1ccc(Oc2ccccc2)cc1. The molecule has 1 aliphatic rings. The normalized spacial score (nSPS) is 14.4. The number of carbonyl (C=O) groups is 1. The number of amides is 1. The first-order chi connectivity index (χ1) is 14.3. The van der Waals surface area contributed by atoms with Crippen molar-refractivity contribution in [2.45, 2.75) is 12.8 Å². The smallest absolute Gasteiger partial charge is 0.251 e. The van der Waals surface area contributed by atoms with E-state index in [1.807, 2.05) is 66.9 Å². The van der Waals surface area contributed by atoms with Gasteiger partial charge in [0.2, 0.25) is 0 Å². The summed E-state index contributed by atoms with van der Waals surface area (Å²) in [6, 6.07) is 22.9. The van der Waals surface area contributed by atoms with Gasteiger partial charge in [-0.15, -0.1) is 0 Å². The van der Waals surface area contributed by atoms with Crippen molar-refractivity contribution in [3.8, 4) is 11.5 Å². The van der Waals surface area contributed by atoms with Gasteiger partial charge in [0, 0.05) is 31.4 Å². The van der Waals surface area contributed by atoms with Crippen molar-refractivity contribution in [2.75, 3.05) is 24.5 Å². The highest BCUT2D eigenvalue weighted by molar-refractivity contribution is 5.94. The molecule has 1 saturated heterocycles. The zero-order chi connectivity index (χ0) is 19.9. The van der Waals surface area contributed by atoms with Gasteiger partial charge < -0.3 is 15.0 Å². The molecule has 1 aromatic heterocycles. The lowest BCUT2D eigenvalue weighted by Crippen LogP contribution is -2.39. The fourth-order valence-electron chi connectivity index (χ4n) is 3.55. The molecule has 1 amide bonds. The van der Waals surface area contributed by atoms with Crippen LogP contribution < -0.4 is 15.0 Å². The predicted octanol–water partition coefficient (Wildman–Crippen LogP) is 4.52. The molecule has 1 fully saturated rings. The summed E-state index contributed by atoms with van der Waals surface area (Å²) in [5.74, 6) is 2.99. The van der Waals surface area contributed by atoms with Crippen molar-refractivity contribution in [1.82, 2.24) is 10.3 Å². The lowest BCUT2D eigenvalue weighted by molar-refractivity contribution is 0.0945. The van der Waals surface area contributed by atoms with Crippen LogP contribution in [0.15, 0.2) is 79.0 Å². The number of carbonyl (C=O) groups excluding carboxylic acids is 1. The minimum absolute atomic E-state index is 0.0385. The topological polar surface area (TPSA) is 54.5 Å². The quantitative estimate of drug-likeness (QED) is 0.676. The fourth-order valence-corrected chi connectivity index (χ4v) is 3.55. The Bertz CT molecular complexity index is 906. The first-order valence-corrected chi connectivity index (χ1v) is 10.0. The molecule has 5 heteroatoms. The van der Waals surface area contributed by atoms with Crippen molar-refractivity contribution in [2.24, 2.45) is 5.92 Å². The monoisotopic (exact) mass is 387 g/mol. The number of rotatable bonds is 6. The highest BCUT2D eigenvalue weighted by Gasteiger charge is 2.20. The maximum absolute atomic E-state index is 12.5. The summed E-state index contributed by atoms with van der Waals surface area (Å²) in [6.45, 7) is 2.66. The highest BCUT2D eigenvalue weighted by Crippen LogP contribution is 2.22. The Morgan fingerprint density at radius 1 is 0.931 bits per heavy atom. The zero-order valence-electron chi connectivity index (χ0n) is 16.3. The van der Waals surface area contributed by atoms with E-state index in [2.05, 4.69) is 15.2 Å². The largest absolute Gasteiger partial charge is 0.457 e. The number of benzene rings is 2. The van der Waals surface area contributed by atoms with Crippen molar-refractivity contribution in [3.05, 3.63) is 84.6 Å². The van der Waals surface area contributed by atoms with Gasteiger partial charge in [-0.25, -0.2) is 4.98 Å². The number of ether oxygens (including phenoxy) is 1. The van der Waals surface area contributed by atoms with Crippen molar-refractivity contribution in [1.29, 1.82) is 0 Å². The van der Waals surface area contributed by atoms with E-state index >= 15 is 0 Å². The third kappa shape index (κ3) is 5.13. The Labute approximate surface area is 171 Å². The second-order valence-corrected chi connectivity index (χ2v) is 7.27. The molecular formula is C24H25N3O2. The zero-order valence-corrected chi connectivity index (χ0v) is 16.3. The minimum Gasteiger partial charge on any atom is -0.457 e. The van der Waals surface area contributed by atoms with Crippen LogP contribution in [0.3, 0.4) is 0 Å². The maximum atomic E-state index is 12.5. The summed E-state index contributed by atoms with van der Waals surface area (Å²) in [5.41, 5.74) is 0.649. The predicted molar refractivity (Wildman–Crippen MR) is 114 cm³/mol. The van der Waals surface area contributed by atoms with E-state index in [0.717, 1.165) is 43.2 Å². The summed E-state index contributed by atoms with van der Waals surface area (Å²) in [7, 11) is 0.